The molecular weight excluding hydrogens is 321 g/mol. The molecule has 1 amide bonds. The Labute approximate surface area is 136 Å². The van der Waals surface area contributed by atoms with Crippen LogP contribution >= 0.6 is 0 Å². The molecule has 8 heteroatoms. The van der Waals surface area contributed by atoms with Crippen molar-refractivity contribution in [2.24, 2.45) is 0 Å². The molecule has 0 saturated carbocycles. The molecule has 0 fully saturated rings. The minimum atomic E-state index is -1.18. The van der Waals surface area contributed by atoms with E-state index in [0.717, 1.165) is 12.3 Å². The van der Waals surface area contributed by atoms with E-state index in [-0.39, 0.29) is 31.3 Å². The highest BCUT2D eigenvalue weighted by atomic mass is 19.1. The second-order valence-corrected chi connectivity index (χ2v) is 5.17. The molecular formula is C16H14FNO6. The van der Waals surface area contributed by atoms with Gasteiger partial charge >= 0.3 is 5.97 Å². The molecule has 0 saturated heterocycles. The summed E-state index contributed by atoms with van der Waals surface area (Å²) in [7, 11) is 0. The summed E-state index contributed by atoms with van der Waals surface area (Å²) >= 11 is 0. The number of nitrogens with one attached hydrogen (secondary N) is 1. The van der Waals surface area contributed by atoms with Crippen molar-refractivity contribution >= 4 is 11.9 Å². The number of carbonyl (C=O) groups is 2. The highest BCUT2D eigenvalue weighted by molar-refractivity contribution is 5.95. The molecule has 0 unspecified atom stereocenters. The molecule has 1 aliphatic rings. The van der Waals surface area contributed by atoms with Gasteiger partial charge in [-0.3, -0.25) is 4.79 Å². The number of rotatable bonds is 5. The summed E-state index contributed by atoms with van der Waals surface area (Å²) in [6, 6.07) is 3.85. The summed E-state index contributed by atoms with van der Waals surface area (Å²) < 4.78 is 29.0. The first-order valence-electron chi connectivity index (χ1n) is 7.16. The van der Waals surface area contributed by atoms with Gasteiger partial charge in [0.15, 0.2) is 12.6 Å². The van der Waals surface area contributed by atoms with Crippen molar-refractivity contribution in [1.29, 1.82) is 0 Å². The molecule has 7 nitrogen and oxygen atoms in total. The minimum absolute atomic E-state index is 0.0988. The van der Waals surface area contributed by atoms with Gasteiger partial charge in [0, 0.05) is 18.2 Å². The number of hydrogen-bond donors (Lipinski definition) is 2. The maximum Gasteiger partial charge on any atom is 0.338 e. The van der Waals surface area contributed by atoms with Gasteiger partial charge in [0.2, 0.25) is 0 Å². The molecule has 0 radical (unpaired) electrons. The highest BCUT2D eigenvalue weighted by Crippen LogP contribution is 2.29. The van der Waals surface area contributed by atoms with Crippen LogP contribution in [0.5, 0.6) is 5.75 Å². The van der Waals surface area contributed by atoms with E-state index in [4.69, 9.17) is 19.0 Å². The lowest BCUT2D eigenvalue weighted by atomic mass is 10.1. The van der Waals surface area contributed by atoms with Gasteiger partial charge in [0.1, 0.15) is 17.8 Å². The summed E-state index contributed by atoms with van der Waals surface area (Å²) in [5, 5.41) is 11.4. The van der Waals surface area contributed by atoms with E-state index in [1.807, 2.05) is 0 Å². The monoisotopic (exact) mass is 335 g/mol. The second-order valence-electron chi connectivity index (χ2n) is 5.17. The smallest absolute Gasteiger partial charge is 0.338 e. The van der Waals surface area contributed by atoms with Crippen LogP contribution in [0.3, 0.4) is 0 Å². The molecule has 3 rings (SSSR count). The van der Waals surface area contributed by atoms with Crippen LogP contribution in [0.15, 0.2) is 28.9 Å². The standard InChI is InChI=1S/C16H14FNO6/c17-12-3-9(14-10(4-12)6-22-8-24-14)1-2-18-15(19)13-5-11(7-23-13)16(20)21/h3-5,7H,1-2,6,8H2,(H,18,19)(H,20,21). The van der Waals surface area contributed by atoms with Crippen LogP contribution < -0.4 is 10.1 Å². The molecule has 1 aliphatic heterocycles. The molecule has 0 spiro atoms. The predicted octanol–water partition coefficient (Wildman–Crippen LogP) is 1.96. The van der Waals surface area contributed by atoms with Crippen molar-refractivity contribution in [3.8, 4) is 5.75 Å². The normalized spacial score (nSPS) is 13.0. The van der Waals surface area contributed by atoms with Gasteiger partial charge in [-0.15, -0.1) is 0 Å². The molecule has 2 N–H and O–H groups in total. The minimum Gasteiger partial charge on any atom is -0.478 e. The largest absolute Gasteiger partial charge is 0.478 e. The second kappa shape index (κ2) is 6.71. The van der Waals surface area contributed by atoms with Gasteiger partial charge in [0.05, 0.1) is 12.2 Å². The van der Waals surface area contributed by atoms with Crippen molar-refractivity contribution in [1.82, 2.24) is 5.32 Å². The summed E-state index contributed by atoms with van der Waals surface area (Å²) in [6.45, 7) is 0.585. The van der Waals surface area contributed by atoms with E-state index >= 15 is 0 Å². The van der Waals surface area contributed by atoms with Gasteiger partial charge in [-0.2, -0.15) is 0 Å². The molecule has 1 aromatic heterocycles. The Kier molecular flexibility index (Phi) is 4.48. The van der Waals surface area contributed by atoms with Crippen LogP contribution in [0, 0.1) is 5.82 Å². The molecule has 2 heterocycles. The molecule has 24 heavy (non-hydrogen) atoms. The summed E-state index contributed by atoms with van der Waals surface area (Å²) in [5.41, 5.74) is 1.15. The maximum atomic E-state index is 13.6. The number of carbonyl (C=O) groups excluding carboxylic acids is 1. The van der Waals surface area contributed by atoms with E-state index < -0.39 is 17.7 Å². The zero-order valence-corrected chi connectivity index (χ0v) is 12.5. The van der Waals surface area contributed by atoms with Crippen LogP contribution in [0.25, 0.3) is 0 Å². The number of hydrogen-bond acceptors (Lipinski definition) is 5. The topological polar surface area (TPSA) is 98.0 Å². The number of aromatic carboxylic acids is 1. The number of amides is 1. The van der Waals surface area contributed by atoms with E-state index in [9.17, 15) is 14.0 Å². The molecule has 2 aromatic rings. The molecule has 0 aliphatic carbocycles. The Morgan fingerprint density at radius 1 is 1.29 bits per heavy atom. The number of halogens is 1. The van der Waals surface area contributed by atoms with Gasteiger partial charge in [-0.25, -0.2) is 9.18 Å². The lowest BCUT2D eigenvalue weighted by Crippen LogP contribution is -2.25. The van der Waals surface area contributed by atoms with Crippen LogP contribution in [-0.4, -0.2) is 30.3 Å². The fraction of sp³-hybridized carbons (Fsp3) is 0.250. The lowest BCUT2D eigenvalue weighted by Gasteiger charge is -2.20. The van der Waals surface area contributed by atoms with Crippen LogP contribution in [0.2, 0.25) is 0 Å². The van der Waals surface area contributed by atoms with Crippen LogP contribution in [0.1, 0.15) is 32.0 Å². The van der Waals surface area contributed by atoms with Crippen molar-refractivity contribution < 1.29 is 33.0 Å². The lowest BCUT2D eigenvalue weighted by molar-refractivity contribution is -0.0172. The van der Waals surface area contributed by atoms with E-state index in [2.05, 4.69) is 5.32 Å². The number of benzene rings is 1. The highest BCUT2D eigenvalue weighted by Gasteiger charge is 2.18. The summed E-state index contributed by atoms with van der Waals surface area (Å²) in [5.74, 6) is -1.65. The van der Waals surface area contributed by atoms with Crippen molar-refractivity contribution in [2.45, 2.75) is 13.0 Å². The Bertz CT molecular complexity index is 785. The Morgan fingerprint density at radius 2 is 2.12 bits per heavy atom. The number of ether oxygens (including phenoxy) is 2. The third-order valence-electron chi connectivity index (χ3n) is 3.50. The predicted molar refractivity (Wildman–Crippen MR) is 78.4 cm³/mol. The van der Waals surface area contributed by atoms with E-state index in [1.165, 1.54) is 12.1 Å². The first kappa shape index (κ1) is 16.0. The number of fused-ring (bicyclic) bond motifs is 1. The molecule has 0 bridgehead atoms. The van der Waals surface area contributed by atoms with Gasteiger partial charge < -0.3 is 24.3 Å². The average Bonchev–Trinajstić information content (AvgIpc) is 3.05. The zero-order chi connectivity index (χ0) is 17.1. The van der Waals surface area contributed by atoms with Gasteiger partial charge in [-0.1, -0.05) is 0 Å². The SMILES string of the molecule is O=C(O)c1coc(C(=O)NCCc2cc(F)cc3c2OCOC3)c1. The number of carboxylic acids is 1. The third kappa shape index (κ3) is 3.38. The van der Waals surface area contributed by atoms with Crippen molar-refractivity contribution in [2.75, 3.05) is 13.3 Å². The third-order valence-corrected chi connectivity index (χ3v) is 3.50. The first-order chi connectivity index (χ1) is 11.5. The summed E-state index contributed by atoms with van der Waals surface area (Å²) in [6.07, 6.45) is 1.34. The Hall–Kier alpha value is -2.87. The van der Waals surface area contributed by atoms with E-state index in [0.29, 0.717) is 23.3 Å². The number of carboxylic acid groups (broad SMARTS) is 1. The molecule has 0 atom stereocenters. The fourth-order valence-corrected chi connectivity index (χ4v) is 2.41. The zero-order valence-electron chi connectivity index (χ0n) is 12.5. The average molecular weight is 335 g/mol. The van der Waals surface area contributed by atoms with Crippen molar-refractivity contribution in [3.63, 3.8) is 0 Å². The maximum absolute atomic E-state index is 13.6. The molecule has 126 valence electrons. The molecule has 1 aromatic carbocycles. The summed E-state index contributed by atoms with van der Waals surface area (Å²) in [4.78, 5) is 22.7. The van der Waals surface area contributed by atoms with E-state index in [1.54, 1.807) is 0 Å². The van der Waals surface area contributed by atoms with Gasteiger partial charge in [-0.05, 0) is 24.1 Å². The van der Waals surface area contributed by atoms with Crippen LogP contribution in [-0.2, 0) is 17.8 Å². The Morgan fingerprint density at radius 3 is 2.88 bits per heavy atom. The van der Waals surface area contributed by atoms with Crippen molar-refractivity contribution in [3.05, 3.63) is 52.7 Å². The first-order valence-corrected chi connectivity index (χ1v) is 7.16. The fourth-order valence-electron chi connectivity index (χ4n) is 2.41. The quantitative estimate of drug-likeness (QED) is 0.867. The Balaban J connectivity index is 1.63. The number of furan rings is 1. The van der Waals surface area contributed by atoms with Gasteiger partial charge in [0.25, 0.3) is 5.91 Å². The van der Waals surface area contributed by atoms with Crippen LogP contribution in [0.4, 0.5) is 4.39 Å².